The molecule has 34 heavy (non-hydrogen) atoms. The van der Waals surface area contributed by atoms with Gasteiger partial charge in [-0.25, -0.2) is 9.50 Å². The van der Waals surface area contributed by atoms with E-state index in [9.17, 15) is 14.8 Å². The van der Waals surface area contributed by atoms with Crippen LogP contribution in [0.4, 0.5) is 5.82 Å². The topological polar surface area (TPSA) is 167 Å². The molecule has 2 aromatic heterocycles. The molecule has 0 aromatic carbocycles. The van der Waals surface area contributed by atoms with Crippen LogP contribution in [-0.2, 0) is 9.59 Å². The zero-order valence-corrected chi connectivity index (χ0v) is 19.8. The van der Waals surface area contributed by atoms with Crippen molar-refractivity contribution in [2.75, 3.05) is 24.5 Å². The number of carbonyl (C=O) groups is 2. The summed E-state index contributed by atoms with van der Waals surface area (Å²) in [6.45, 7) is 5.86. The largest absolute Gasteiger partial charge is 0.355 e. The Labute approximate surface area is 198 Å². The number of nitrogens with one attached hydrogen (secondary N) is 2. The highest BCUT2D eigenvalue weighted by molar-refractivity contribution is 5.84. The molecule has 186 valence electrons. The molecule has 7 N–H and O–H groups in total. The molecular formula is C22H35N9O3. The highest BCUT2D eigenvalue weighted by atomic mass is 16.5. The number of hydrogen-bond donors (Lipinski definition) is 5. The van der Waals surface area contributed by atoms with Crippen molar-refractivity contribution < 1.29 is 14.8 Å². The molecule has 0 spiro atoms. The predicted octanol–water partition coefficient (Wildman–Crippen LogP) is -0.213. The van der Waals surface area contributed by atoms with E-state index in [0.29, 0.717) is 12.2 Å². The molecule has 0 saturated carbocycles. The van der Waals surface area contributed by atoms with Crippen molar-refractivity contribution in [2.24, 2.45) is 11.5 Å². The van der Waals surface area contributed by atoms with Crippen molar-refractivity contribution in [3.05, 3.63) is 23.5 Å². The minimum atomic E-state index is -1.17. The second kappa shape index (κ2) is 10.2. The SMILES string of the molecule is CCC(=O)NC(N)C(NO)C(=O)N1CCCC[C@H]1c1cc2nc(N3CC[C@H](N)C3)c(C)cn2n1. The van der Waals surface area contributed by atoms with Crippen molar-refractivity contribution in [1.82, 2.24) is 30.3 Å². The van der Waals surface area contributed by atoms with Gasteiger partial charge in [0.2, 0.25) is 11.8 Å². The standard InChI is InChI=1S/C22H35N9O3/c1-3-18(32)26-20(24)19(28-34)22(33)30-8-5-4-6-16(30)15-10-17-25-21(13(2)11-31(17)27-15)29-9-7-14(23)12-29/h10-11,14,16,19-20,28,34H,3-9,12,23-24H2,1-2H3,(H,26,32)/t14-,16-,19?,20?/m0/s1. The number of aryl methyl sites for hydroxylation is 1. The lowest BCUT2D eigenvalue weighted by atomic mass is 9.98. The maximum absolute atomic E-state index is 13.4. The van der Waals surface area contributed by atoms with Gasteiger partial charge in [-0.1, -0.05) is 6.92 Å². The lowest BCUT2D eigenvalue weighted by molar-refractivity contribution is -0.141. The van der Waals surface area contributed by atoms with Crippen LogP contribution >= 0.6 is 0 Å². The maximum Gasteiger partial charge on any atom is 0.246 e. The van der Waals surface area contributed by atoms with Gasteiger partial charge < -0.3 is 31.8 Å². The lowest BCUT2D eigenvalue weighted by Gasteiger charge is -2.37. The van der Waals surface area contributed by atoms with Crippen molar-refractivity contribution in [3.63, 3.8) is 0 Å². The smallest absolute Gasteiger partial charge is 0.246 e. The summed E-state index contributed by atoms with van der Waals surface area (Å²) in [6, 6.07) is 0.618. The van der Waals surface area contributed by atoms with Crippen LogP contribution in [0.15, 0.2) is 12.3 Å². The first-order chi connectivity index (χ1) is 16.3. The third-order valence-corrected chi connectivity index (χ3v) is 6.69. The Kier molecular flexibility index (Phi) is 7.31. The van der Waals surface area contributed by atoms with E-state index in [-0.39, 0.29) is 30.3 Å². The van der Waals surface area contributed by atoms with Gasteiger partial charge in [0.05, 0.1) is 11.7 Å². The fourth-order valence-electron chi connectivity index (χ4n) is 4.82. The first-order valence-corrected chi connectivity index (χ1v) is 11.9. The molecule has 2 fully saturated rings. The number of nitrogens with two attached hydrogens (primary N) is 2. The van der Waals surface area contributed by atoms with Gasteiger partial charge in [-0.15, -0.1) is 0 Å². The number of hydrogen-bond acceptors (Lipinski definition) is 9. The Bertz CT molecular complexity index is 1040. The Morgan fingerprint density at radius 1 is 1.29 bits per heavy atom. The van der Waals surface area contributed by atoms with Gasteiger partial charge in [0, 0.05) is 49.9 Å². The van der Waals surface area contributed by atoms with Gasteiger partial charge in [-0.05, 0) is 32.6 Å². The molecule has 2 amide bonds. The Morgan fingerprint density at radius 3 is 2.76 bits per heavy atom. The van der Waals surface area contributed by atoms with E-state index in [0.717, 1.165) is 55.8 Å². The second-order valence-electron chi connectivity index (χ2n) is 9.21. The van der Waals surface area contributed by atoms with Gasteiger partial charge >= 0.3 is 0 Å². The summed E-state index contributed by atoms with van der Waals surface area (Å²) in [5.74, 6) is 0.224. The maximum atomic E-state index is 13.4. The van der Waals surface area contributed by atoms with E-state index >= 15 is 0 Å². The zero-order valence-electron chi connectivity index (χ0n) is 19.8. The summed E-state index contributed by atoms with van der Waals surface area (Å²) in [4.78, 5) is 33.8. The minimum Gasteiger partial charge on any atom is -0.355 e. The Hall–Kier alpha value is -2.80. The fraction of sp³-hybridized carbons (Fsp3) is 0.636. The number of rotatable bonds is 7. The number of nitrogens with zero attached hydrogens (tertiary/aromatic N) is 5. The van der Waals surface area contributed by atoms with Gasteiger partial charge in [-0.2, -0.15) is 10.6 Å². The number of aromatic nitrogens is 3. The molecule has 0 radical (unpaired) electrons. The number of carbonyl (C=O) groups excluding carboxylic acids is 2. The summed E-state index contributed by atoms with van der Waals surface area (Å²) in [6.07, 6.45) is 4.57. The molecule has 4 heterocycles. The van der Waals surface area contributed by atoms with Crippen molar-refractivity contribution in [2.45, 2.75) is 70.2 Å². The number of amides is 2. The molecule has 4 rings (SSSR count). The number of hydroxylamine groups is 1. The summed E-state index contributed by atoms with van der Waals surface area (Å²) in [5, 5.41) is 16.9. The van der Waals surface area contributed by atoms with Crippen molar-refractivity contribution in [1.29, 1.82) is 0 Å². The Morgan fingerprint density at radius 2 is 2.09 bits per heavy atom. The van der Waals surface area contributed by atoms with Crippen LogP contribution in [0.25, 0.3) is 5.65 Å². The average Bonchev–Trinajstić information content (AvgIpc) is 3.44. The van der Waals surface area contributed by atoms with Gasteiger partial charge in [-0.3, -0.25) is 9.59 Å². The number of piperidine rings is 1. The van der Waals surface area contributed by atoms with E-state index in [1.165, 1.54) is 0 Å². The fourth-order valence-corrected chi connectivity index (χ4v) is 4.82. The molecule has 12 heteroatoms. The highest BCUT2D eigenvalue weighted by Gasteiger charge is 2.37. The van der Waals surface area contributed by atoms with Crippen LogP contribution in [-0.4, -0.2) is 74.4 Å². The second-order valence-corrected chi connectivity index (χ2v) is 9.21. The Balaban J connectivity index is 1.59. The van der Waals surface area contributed by atoms with E-state index in [4.69, 9.17) is 21.5 Å². The van der Waals surface area contributed by atoms with E-state index in [2.05, 4.69) is 10.2 Å². The third kappa shape index (κ3) is 4.85. The van der Waals surface area contributed by atoms with Crippen LogP contribution in [0.5, 0.6) is 0 Å². The summed E-state index contributed by atoms with van der Waals surface area (Å²) < 4.78 is 1.75. The number of fused-ring (bicyclic) bond motifs is 1. The normalized spacial score (nSPS) is 22.7. The molecule has 0 aliphatic carbocycles. The molecule has 2 unspecified atom stereocenters. The van der Waals surface area contributed by atoms with Gasteiger partial charge in [0.1, 0.15) is 18.0 Å². The number of likely N-dealkylation sites (tertiary alicyclic amines) is 1. The van der Waals surface area contributed by atoms with E-state index < -0.39 is 12.2 Å². The van der Waals surface area contributed by atoms with Crippen molar-refractivity contribution >= 4 is 23.3 Å². The molecule has 2 aliphatic heterocycles. The van der Waals surface area contributed by atoms with Crippen LogP contribution in [0.2, 0.25) is 0 Å². The van der Waals surface area contributed by atoms with Crippen LogP contribution in [0.1, 0.15) is 56.3 Å². The first kappa shape index (κ1) is 24.3. The molecule has 2 aromatic rings. The lowest BCUT2D eigenvalue weighted by Crippen LogP contribution is -2.61. The summed E-state index contributed by atoms with van der Waals surface area (Å²) in [5.41, 5.74) is 16.5. The highest BCUT2D eigenvalue weighted by Crippen LogP contribution is 2.32. The van der Waals surface area contributed by atoms with E-state index in [1.54, 1.807) is 16.3 Å². The predicted molar refractivity (Wildman–Crippen MR) is 126 cm³/mol. The van der Waals surface area contributed by atoms with Crippen molar-refractivity contribution in [3.8, 4) is 0 Å². The molecule has 12 nitrogen and oxygen atoms in total. The van der Waals surface area contributed by atoms with Crippen LogP contribution in [0, 0.1) is 6.92 Å². The molecule has 2 saturated heterocycles. The quantitative estimate of drug-likeness (QED) is 0.270. The summed E-state index contributed by atoms with van der Waals surface area (Å²) in [7, 11) is 0. The molecule has 0 bridgehead atoms. The minimum absolute atomic E-state index is 0.154. The monoisotopic (exact) mass is 473 g/mol. The number of anilines is 1. The zero-order chi connectivity index (χ0) is 24.4. The molecule has 2 aliphatic rings. The summed E-state index contributed by atoms with van der Waals surface area (Å²) >= 11 is 0. The third-order valence-electron chi connectivity index (χ3n) is 6.69. The first-order valence-electron chi connectivity index (χ1n) is 11.9. The van der Waals surface area contributed by atoms with Crippen LogP contribution < -0.4 is 27.2 Å². The van der Waals surface area contributed by atoms with Gasteiger partial charge in [0.15, 0.2) is 5.65 Å². The van der Waals surface area contributed by atoms with Crippen LogP contribution in [0.3, 0.4) is 0 Å². The van der Waals surface area contributed by atoms with E-state index in [1.807, 2.05) is 24.7 Å². The molecular weight excluding hydrogens is 438 g/mol. The van der Waals surface area contributed by atoms with Gasteiger partial charge in [0.25, 0.3) is 0 Å². The average molecular weight is 474 g/mol. The molecule has 4 atom stereocenters.